The summed E-state index contributed by atoms with van der Waals surface area (Å²) in [4.78, 5) is 17.7. The maximum atomic E-state index is 11.5. The van der Waals surface area contributed by atoms with Crippen molar-refractivity contribution in [2.45, 2.75) is 38.7 Å². The number of nitrogens with one attached hydrogen (secondary N) is 2. The van der Waals surface area contributed by atoms with Crippen LogP contribution in [0.1, 0.15) is 33.1 Å². The number of hydrogen-bond donors (Lipinski definition) is 2. The second-order valence-electron chi connectivity index (χ2n) is 5.56. The summed E-state index contributed by atoms with van der Waals surface area (Å²) < 4.78 is 5.72. The maximum absolute atomic E-state index is 11.5. The normalized spacial score (nSPS) is 22.7. The monoisotopic (exact) mass is 284 g/mol. The molecule has 0 aromatic heterocycles. The summed E-state index contributed by atoms with van der Waals surface area (Å²) in [7, 11) is 3.53. The standard InChI is InChI=1S/C14H28N4O2/c1-5-15-13(16-9-7-12(19)18(3)4)17-11-14(2)8-6-10-20-14/h5-11H2,1-4H3,(H2,15,16,17). The van der Waals surface area contributed by atoms with Crippen LogP contribution >= 0.6 is 0 Å². The van der Waals surface area contributed by atoms with Gasteiger partial charge in [0.15, 0.2) is 5.96 Å². The molecule has 6 heteroatoms. The van der Waals surface area contributed by atoms with Crippen molar-refractivity contribution >= 4 is 11.9 Å². The first-order chi connectivity index (χ1) is 9.47. The molecule has 2 N–H and O–H groups in total. The summed E-state index contributed by atoms with van der Waals surface area (Å²) in [5, 5.41) is 6.37. The van der Waals surface area contributed by atoms with E-state index < -0.39 is 0 Å². The highest BCUT2D eigenvalue weighted by Crippen LogP contribution is 2.24. The fourth-order valence-electron chi connectivity index (χ4n) is 2.06. The van der Waals surface area contributed by atoms with Gasteiger partial charge in [0.25, 0.3) is 0 Å². The van der Waals surface area contributed by atoms with Gasteiger partial charge in [-0.05, 0) is 26.7 Å². The number of nitrogens with zero attached hydrogens (tertiary/aromatic N) is 2. The van der Waals surface area contributed by atoms with Crippen LogP contribution in [0.4, 0.5) is 0 Å². The maximum Gasteiger partial charge on any atom is 0.223 e. The quantitative estimate of drug-likeness (QED) is 0.553. The van der Waals surface area contributed by atoms with E-state index in [1.807, 2.05) is 6.92 Å². The molecule has 0 bridgehead atoms. The van der Waals surface area contributed by atoms with Crippen LogP contribution in [0.5, 0.6) is 0 Å². The summed E-state index contributed by atoms with van der Waals surface area (Å²) in [6, 6.07) is 0. The van der Waals surface area contributed by atoms with Crippen LogP contribution in [-0.2, 0) is 9.53 Å². The molecule has 0 aromatic carbocycles. The van der Waals surface area contributed by atoms with Gasteiger partial charge < -0.3 is 20.3 Å². The van der Waals surface area contributed by atoms with Gasteiger partial charge in [-0.1, -0.05) is 0 Å². The van der Waals surface area contributed by atoms with Gasteiger partial charge in [-0.2, -0.15) is 0 Å². The van der Waals surface area contributed by atoms with E-state index in [9.17, 15) is 4.79 Å². The fourth-order valence-corrected chi connectivity index (χ4v) is 2.06. The highest BCUT2D eigenvalue weighted by atomic mass is 16.5. The molecular weight excluding hydrogens is 256 g/mol. The van der Waals surface area contributed by atoms with E-state index in [1.54, 1.807) is 19.0 Å². The third kappa shape index (κ3) is 5.77. The second kappa shape index (κ2) is 8.09. The fraction of sp³-hybridized carbons (Fsp3) is 0.857. The van der Waals surface area contributed by atoms with Crippen LogP contribution in [0.3, 0.4) is 0 Å². The van der Waals surface area contributed by atoms with Crippen molar-refractivity contribution in [3.63, 3.8) is 0 Å². The van der Waals surface area contributed by atoms with E-state index in [0.29, 0.717) is 19.5 Å². The van der Waals surface area contributed by atoms with Crippen molar-refractivity contribution < 1.29 is 9.53 Å². The van der Waals surface area contributed by atoms with Crippen LogP contribution in [0, 0.1) is 0 Å². The smallest absolute Gasteiger partial charge is 0.223 e. The molecule has 0 saturated carbocycles. The van der Waals surface area contributed by atoms with Gasteiger partial charge in [-0.3, -0.25) is 9.79 Å². The molecule has 1 rings (SSSR count). The number of aliphatic imine (C=N–C) groups is 1. The molecule has 0 spiro atoms. The number of carbonyl (C=O) groups excluding carboxylic acids is 1. The lowest BCUT2D eigenvalue weighted by Gasteiger charge is -2.21. The average molecular weight is 284 g/mol. The predicted molar refractivity (Wildman–Crippen MR) is 80.9 cm³/mol. The Hall–Kier alpha value is -1.30. The van der Waals surface area contributed by atoms with Gasteiger partial charge in [0.2, 0.25) is 5.91 Å². The first-order valence-corrected chi connectivity index (χ1v) is 7.33. The van der Waals surface area contributed by atoms with Crippen LogP contribution in [0.25, 0.3) is 0 Å². The molecule has 1 amide bonds. The zero-order chi connectivity index (χ0) is 15.0. The van der Waals surface area contributed by atoms with Gasteiger partial charge in [-0.25, -0.2) is 0 Å². The molecular formula is C14H28N4O2. The van der Waals surface area contributed by atoms with Crippen LogP contribution in [0.2, 0.25) is 0 Å². The van der Waals surface area contributed by atoms with E-state index >= 15 is 0 Å². The van der Waals surface area contributed by atoms with Crippen molar-refractivity contribution in [2.24, 2.45) is 4.99 Å². The molecule has 1 aliphatic heterocycles. The van der Waals surface area contributed by atoms with E-state index in [0.717, 1.165) is 32.0 Å². The van der Waals surface area contributed by atoms with Crippen LogP contribution < -0.4 is 10.6 Å². The average Bonchev–Trinajstić information content (AvgIpc) is 2.83. The number of amides is 1. The summed E-state index contributed by atoms with van der Waals surface area (Å²) in [5.74, 6) is 0.857. The Morgan fingerprint density at radius 1 is 1.40 bits per heavy atom. The summed E-state index contributed by atoms with van der Waals surface area (Å²) in [6.45, 7) is 6.97. The molecule has 1 unspecified atom stereocenters. The van der Waals surface area contributed by atoms with Gasteiger partial charge in [-0.15, -0.1) is 0 Å². The van der Waals surface area contributed by atoms with E-state index in [-0.39, 0.29) is 11.5 Å². The minimum atomic E-state index is -0.137. The number of ether oxygens (including phenoxy) is 1. The molecule has 20 heavy (non-hydrogen) atoms. The van der Waals surface area contributed by atoms with Crippen molar-refractivity contribution in [3.05, 3.63) is 0 Å². The number of guanidine groups is 1. The third-order valence-corrected chi connectivity index (χ3v) is 3.35. The minimum Gasteiger partial charge on any atom is -0.373 e. The topological polar surface area (TPSA) is 66.0 Å². The van der Waals surface area contributed by atoms with Crippen molar-refractivity contribution in [3.8, 4) is 0 Å². The molecule has 0 aromatic rings. The van der Waals surface area contributed by atoms with Crippen molar-refractivity contribution in [2.75, 3.05) is 40.3 Å². The Morgan fingerprint density at radius 2 is 2.15 bits per heavy atom. The predicted octanol–water partition coefficient (Wildman–Crippen LogP) is 0.589. The van der Waals surface area contributed by atoms with Crippen LogP contribution in [0.15, 0.2) is 4.99 Å². The van der Waals surface area contributed by atoms with Crippen LogP contribution in [-0.4, -0.2) is 62.7 Å². The number of rotatable bonds is 6. The Labute approximate surface area is 122 Å². The Morgan fingerprint density at radius 3 is 2.70 bits per heavy atom. The molecule has 1 fully saturated rings. The molecule has 0 radical (unpaired) electrons. The van der Waals surface area contributed by atoms with Gasteiger partial charge >= 0.3 is 0 Å². The molecule has 1 aliphatic rings. The van der Waals surface area contributed by atoms with Crippen molar-refractivity contribution in [1.29, 1.82) is 0 Å². The van der Waals surface area contributed by atoms with Gasteiger partial charge in [0, 0.05) is 40.2 Å². The lowest BCUT2D eigenvalue weighted by molar-refractivity contribution is -0.128. The van der Waals surface area contributed by atoms with E-state index in [4.69, 9.17) is 4.74 Å². The summed E-state index contributed by atoms with van der Waals surface area (Å²) in [5.41, 5.74) is -0.137. The van der Waals surface area contributed by atoms with E-state index in [1.165, 1.54) is 0 Å². The highest BCUT2D eigenvalue weighted by molar-refractivity contribution is 5.81. The van der Waals surface area contributed by atoms with Crippen molar-refractivity contribution in [1.82, 2.24) is 15.5 Å². The lowest BCUT2D eigenvalue weighted by Crippen LogP contribution is -2.40. The van der Waals surface area contributed by atoms with Gasteiger partial charge in [0.1, 0.15) is 0 Å². The zero-order valence-electron chi connectivity index (χ0n) is 13.2. The first kappa shape index (κ1) is 16.8. The number of hydrogen-bond acceptors (Lipinski definition) is 3. The lowest BCUT2D eigenvalue weighted by atomic mass is 10.0. The first-order valence-electron chi connectivity index (χ1n) is 7.33. The third-order valence-electron chi connectivity index (χ3n) is 3.35. The van der Waals surface area contributed by atoms with Gasteiger partial charge in [0.05, 0.1) is 12.1 Å². The molecule has 1 heterocycles. The minimum absolute atomic E-state index is 0.111. The Bertz CT molecular complexity index is 336. The molecule has 6 nitrogen and oxygen atoms in total. The number of carbonyl (C=O) groups is 1. The SMILES string of the molecule is CCNC(=NCC1(C)CCCO1)NCCC(=O)N(C)C. The molecule has 1 saturated heterocycles. The summed E-state index contributed by atoms with van der Waals surface area (Å²) >= 11 is 0. The molecule has 0 aliphatic carbocycles. The molecule has 116 valence electrons. The highest BCUT2D eigenvalue weighted by Gasteiger charge is 2.29. The second-order valence-corrected chi connectivity index (χ2v) is 5.56. The van der Waals surface area contributed by atoms with E-state index in [2.05, 4.69) is 22.5 Å². The Kier molecular flexibility index (Phi) is 6.78. The zero-order valence-corrected chi connectivity index (χ0v) is 13.2. The largest absolute Gasteiger partial charge is 0.373 e. The Balaban J connectivity index is 2.40. The summed E-state index contributed by atoms with van der Waals surface area (Å²) in [6.07, 6.45) is 2.62. The molecule has 1 atom stereocenters.